The number of anilines is 1. The van der Waals surface area contributed by atoms with Crippen LogP contribution in [0.25, 0.3) is 0 Å². The van der Waals surface area contributed by atoms with Gasteiger partial charge in [0, 0.05) is 13.1 Å². The predicted molar refractivity (Wildman–Crippen MR) is 63.6 cm³/mol. The molecule has 6 nitrogen and oxygen atoms in total. The van der Waals surface area contributed by atoms with Crippen molar-refractivity contribution < 1.29 is 4.79 Å². The van der Waals surface area contributed by atoms with Crippen molar-refractivity contribution in [3.63, 3.8) is 0 Å². The van der Waals surface area contributed by atoms with Gasteiger partial charge in [0.05, 0.1) is 6.54 Å². The first-order valence-corrected chi connectivity index (χ1v) is 6.20. The van der Waals surface area contributed by atoms with Crippen molar-refractivity contribution in [2.24, 2.45) is 0 Å². The summed E-state index contributed by atoms with van der Waals surface area (Å²) in [6.45, 7) is 2.27. The van der Waals surface area contributed by atoms with Gasteiger partial charge in [-0.15, -0.1) is 10.2 Å². The molecule has 0 bridgehead atoms. The van der Waals surface area contributed by atoms with Gasteiger partial charge in [-0.1, -0.05) is 22.9 Å². The fraction of sp³-hybridized carbons (Fsp3) is 0.333. The van der Waals surface area contributed by atoms with Crippen LogP contribution in [0, 0.1) is 0 Å². The first-order valence-electron chi connectivity index (χ1n) is 5.01. The zero-order chi connectivity index (χ0) is 11.8. The van der Waals surface area contributed by atoms with Gasteiger partial charge >= 0.3 is 0 Å². The molecule has 88 valence electrons. The Morgan fingerprint density at radius 3 is 3.12 bits per heavy atom. The van der Waals surface area contributed by atoms with E-state index in [1.165, 1.54) is 11.3 Å². The number of carbonyl (C=O) groups excluding carboxylic acids is 1. The molecule has 1 aliphatic rings. The van der Waals surface area contributed by atoms with Gasteiger partial charge in [-0.25, -0.2) is 4.98 Å². The highest BCUT2D eigenvalue weighted by Gasteiger charge is 2.21. The Kier molecular flexibility index (Phi) is 2.56. The monoisotopic (exact) mass is 269 g/mol. The molecule has 17 heavy (non-hydrogen) atoms. The quantitative estimate of drug-likeness (QED) is 0.767. The minimum Gasteiger partial charge on any atom is -0.339 e. The average Bonchev–Trinajstić information content (AvgIpc) is 2.93. The van der Waals surface area contributed by atoms with E-state index in [0.717, 1.165) is 30.3 Å². The molecule has 0 aliphatic carbocycles. The topological polar surface area (TPSA) is 63.9 Å². The zero-order valence-electron chi connectivity index (χ0n) is 8.71. The van der Waals surface area contributed by atoms with Crippen LogP contribution in [0.4, 0.5) is 5.13 Å². The lowest BCUT2D eigenvalue weighted by Crippen LogP contribution is -2.33. The molecule has 3 heterocycles. The normalized spacial score (nSPS) is 14.8. The number of hydrogen-bond acceptors (Lipinski definition) is 6. The number of nitrogens with zero attached hydrogens (tertiary/aromatic N) is 5. The second kappa shape index (κ2) is 4.08. The van der Waals surface area contributed by atoms with Crippen LogP contribution >= 0.6 is 22.9 Å². The van der Waals surface area contributed by atoms with Gasteiger partial charge < -0.3 is 9.47 Å². The Hall–Kier alpha value is -1.47. The van der Waals surface area contributed by atoms with Crippen LogP contribution in [-0.4, -0.2) is 32.6 Å². The largest absolute Gasteiger partial charge is 0.339 e. The molecule has 0 atom stereocenters. The molecule has 0 unspecified atom stereocenters. The third-order valence-electron chi connectivity index (χ3n) is 2.61. The molecule has 0 amide bonds. The first kappa shape index (κ1) is 10.7. The Labute approximate surface area is 106 Å². The van der Waals surface area contributed by atoms with Crippen LogP contribution in [0.1, 0.15) is 15.5 Å². The van der Waals surface area contributed by atoms with Crippen molar-refractivity contribution in [3.8, 4) is 0 Å². The zero-order valence-corrected chi connectivity index (χ0v) is 10.3. The summed E-state index contributed by atoms with van der Waals surface area (Å²) in [6.07, 6.45) is 2.45. The van der Waals surface area contributed by atoms with Crippen LogP contribution in [0.5, 0.6) is 0 Å². The Morgan fingerprint density at radius 1 is 1.47 bits per heavy atom. The van der Waals surface area contributed by atoms with Crippen LogP contribution in [0.15, 0.2) is 6.33 Å². The van der Waals surface area contributed by atoms with Gasteiger partial charge in [-0.05, 0) is 0 Å². The molecule has 0 N–H and O–H groups in total. The summed E-state index contributed by atoms with van der Waals surface area (Å²) in [7, 11) is 0. The Bertz CT molecular complexity index is 565. The van der Waals surface area contributed by atoms with Crippen LogP contribution < -0.4 is 4.90 Å². The molecule has 1 aliphatic heterocycles. The second-order valence-electron chi connectivity index (χ2n) is 3.63. The van der Waals surface area contributed by atoms with Crippen molar-refractivity contribution in [1.29, 1.82) is 0 Å². The number of rotatable bonds is 2. The highest BCUT2D eigenvalue weighted by Crippen LogP contribution is 2.30. The summed E-state index contributed by atoms with van der Waals surface area (Å²) >= 11 is 7.15. The minimum atomic E-state index is 0.270. The highest BCUT2D eigenvalue weighted by molar-refractivity contribution is 7.17. The second-order valence-corrected chi connectivity index (χ2v) is 5.00. The van der Waals surface area contributed by atoms with Crippen molar-refractivity contribution >= 4 is 34.4 Å². The summed E-state index contributed by atoms with van der Waals surface area (Å²) in [6, 6.07) is 0. The lowest BCUT2D eigenvalue weighted by Gasteiger charge is -2.26. The van der Waals surface area contributed by atoms with E-state index < -0.39 is 0 Å². The number of carbonyl (C=O) groups is 1. The van der Waals surface area contributed by atoms with Crippen LogP contribution in [0.2, 0.25) is 5.15 Å². The molecule has 0 aromatic carbocycles. The third-order valence-corrected chi connectivity index (χ3v) is 4.06. The number of thiazole rings is 1. The maximum Gasteiger partial charge on any atom is 0.187 e. The molecule has 0 spiro atoms. The summed E-state index contributed by atoms with van der Waals surface area (Å²) in [4.78, 5) is 17.4. The molecule has 2 aromatic heterocycles. The van der Waals surface area contributed by atoms with E-state index >= 15 is 0 Å². The Balaban J connectivity index is 1.88. The smallest absolute Gasteiger partial charge is 0.187 e. The van der Waals surface area contributed by atoms with E-state index in [1.807, 2.05) is 9.47 Å². The van der Waals surface area contributed by atoms with E-state index in [2.05, 4.69) is 15.2 Å². The van der Waals surface area contributed by atoms with E-state index in [9.17, 15) is 4.79 Å². The Morgan fingerprint density at radius 2 is 2.35 bits per heavy atom. The lowest BCUT2D eigenvalue weighted by atomic mass is 10.4. The first-order chi connectivity index (χ1) is 8.28. The van der Waals surface area contributed by atoms with Crippen LogP contribution in [0.3, 0.4) is 0 Å². The fourth-order valence-corrected chi connectivity index (χ4v) is 2.83. The number of halogens is 1. The summed E-state index contributed by atoms with van der Waals surface area (Å²) in [5, 5.41) is 8.91. The number of fused-ring (bicyclic) bond motifs is 1. The van der Waals surface area contributed by atoms with Gasteiger partial charge in [0.2, 0.25) is 0 Å². The standard InChI is InChI=1S/C9H8ClN5OS/c10-8-6(4-16)17-9(12-8)14-1-2-15-5-11-13-7(15)3-14/h4-5H,1-3H2. The van der Waals surface area contributed by atoms with E-state index in [4.69, 9.17) is 11.6 Å². The maximum absolute atomic E-state index is 10.7. The molecule has 0 radical (unpaired) electrons. The van der Waals surface area contributed by atoms with E-state index in [0.29, 0.717) is 11.4 Å². The lowest BCUT2D eigenvalue weighted by molar-refractivity contribution is 0.112. The van der Waals surface area contributed by atoms with E-state index in [-0.39, 0.29) is 5.15 Å². The van der Waals surface area contributed by atoms with Gasteiger partial charge in [0.25, 0.3) is 0 Å². The van der Waals surface area contributed by atoms with E-state index in [1.54, 1.807) is 6.33 Å². The van der Waals surface area contributed by atoms with Gasteiger partial charge in [-0.2, -0.15) is 0 Å². The van der Waals surface area contributed by atoms with Crippen molar-refractivity contribution in [1.82, 2.24) is 19.7 Å². The molecule has 0 saturated carbocycles. The molecular formula is C9H8ClN5OS. The molecule has 3 rings (SSSR count). The molecule has 2 aromatic rings. The SMILES string of the molecule is O=Cc1sc(N2CCn3cnnc3C2)nc1Cl. The van der Waals surface area contributed by atoms with Gasteiger partial charge in [0.1, 0.15) is 11.2 Å². The summed E-state index contributed by atoms with van der Waals surface area (Å²) < 4.78 is 2.01. The number of hydrogen-bond donors (Lipinski definition) is 0. The highest BCUT2D eigenvalue weighted by atomic mass is 35.5. The van der Waals surface area contributed by atoms with Gasteiger partial charge in [0.15, 0.2) is 22.4 Å². The molecule has 0 saturated heterocycles. The molecular weight excluding hydrogens is 262 g/mol. The minimum absolute atomic E-state index is 0.270. The average molecular weight is 270 g/mol. The third kappa shape index (κ3) is 1.81. The van der Waals surface area contributed by atoms with Crippen LogP contribution in [-0.2, 0) is 13.1 Å². The van der Waals surface area contributed by atoms with Crippen molar-refractivity contribution in [3.05, 3.63) is 22.2 Å². The molecule has 8 heteroatoms. The van der Waals surface area contributed by atoms with Crippen molar-refractivity contribution in [2.75, 3.05) is 11.4 Å². The summed E-state index contributed by atoms with van der Waals surface area (Å²) in [5.74, 6) is 0.898. The molecule has 0 fully saturated rings. The predicted octanol–water partition coefficient (Wildman–Crippen LogP) is 1.22. The van der Waals surface area contributed by atoms with Gasteiger partial charge in [-0.3, -0.25) is 4.79 Å². The maximum atomic E-state index is 10.7. The van der Waals surface area contributed by atoms with Crippen molar-refractivity contribution in [2.45, 2.75) is 13.1 Å². The summed E-state index contributed by atoms with van der Waals surface area (Å²) in [5.41, 5.74) is 0. The number of aromatic nitrogens is 4. The number of aldehydes is 1. The fourth-order valence-electron chi connectivity index (χ4n) is 1.74.